The molecule has 3 heteroatoms. The van der Waals surface area contributed by atoms with Gasteiger partial charge in [-0.3, -0.25) is 5.32 Å². The van der Waals surface area contributed by atoms with Crippen molar-refractivity contribution in [2.45, 2.75) is 110 Å². The van der Waals surface area contributed by atoms with Crippen LogP contribution in [-0.4, -0.2) is 22.7 Å². The van der Waals surface area contributed by atoms with Gasteiger partial charge in [0.1, 0.15) is 12.5 Å². The highest BCUT2D eigenvalue weighted by molar-refractivity contribution is 4.59. The van der Waals surface area contributed by atoms with Crippen molar-refractivity contribution >= 4 is 0 Å². The number of unbranched alkanes of at least 4 members (excludes halogenated alkanes) is 9. The third kappa shape index (κ3) is 14.3. The van der Waals surface area contributed by atoms with Crippen LogP contribution < -0.4 is 5.32 Å². The Labute approximate surface area is 126 Å². The number of hydrogen-bond donors (Lipinski definition) is 3. The van der Waals surface area contributed by atoms with Crippen molar-refractivity contribution in [3.05, 3.63) is 0 Å². The standard InChI is InChI=1S/C17H37NO2/c1-3-5-7-9-11-13-15-17(20)18-16(19)14-12-10-8-6-4-2/h16-20H,3-15H2,1-2H3. The highest BCUT2D eigenvalue weighted by Gasteiger charge is 2.09. The van der Waals surface area contributed by atoms with E-state index in [4.69, 9.17) is 0 Å². The maximum absolute atomic E-state index is 9.79. The van der Waals surface area contributed by atoms with Crippen LogP contribution in [0.5, 0.6) is 0 Å². The first-order valence-corrected chi connectivity index (χ1v) is 8.82. The molecule has 0 aliphatic rings. The minimum Gasteiger partial charge on any atom is -0.379 e. The van der Waals surface area contributed by atoms with Crippen LogP contribution in [-0.2, 0) is 0 Å². The molecule has 2 atom stereocenters. The number of rotatable bonds is 15. The molecule has 3 nitrogen and oxygen atoms in total. The van der Waals surface area contributed by atoms with E-state index in [1.165, 1.54) is 57.8 Å². The molecule has 0 aliphatic carbocycles. The van der Waals surface area contributed by atoms with E-state index in [9.17, 15) is 10.2 Å². The first kappa shape index (κ1) is 19.9. The van der Waals surface area contributed by atoms with Crippen molar-refractivity contribution in [1.82, 2.24) is 5.32 Å². The molecule has 0 aromatic heterocycles. The van der Waals surface area contributed by atoms with Crippen LogP contribution in [0.3, 0.4) is 0 Å². The molecule has 0 aromatic carbocycles. The van der Waals surface area contributed by atoms with Crippen LogP contribution in [0.15, 0.2) is 0 Å². The summed E-state index contributed by atoms with van der Waals surface area (Å²) in [4.78, 5) is 0. The molecular weight excluding hydrogens is 250 g/mol. The Kier molecular flexibility index (Phi) is 15.2. The lowest BCUT2D eigenvalue weighted by atomic mass is 10.1. The smallest absolute Gasteiger partial charge is 0.106 e. The van der Waals surface area contributed by atoms with E-state index in [2.05, 4.69) is 19.2 Å². The molecule has 0 saturated heterocycles. The normalized spacial score (nSPS) is 14.4. The minimum atomic E-state index is -0.549. The van der Waals surface area contributed by atoms with E-state index in [1.54, 1.807) is 0 Å². The van der Waals surface area contributed by atoms with Gasteiger partial charge in [0.15, 0.2) is 0 Å². The van der Waals surface area contributed by atoms with E-state index >= 15 is 0 Å². The van der Waals surface area contributed by atoms with Gasteiger partial charge in [0.2, 0.25) is 0 Å². The van der Waals surface area contributed by atoms with Gasteiger partial charge in [-0.15, -0.1) is 0 Å². The van der Waals surface area contributed by atoms with Crippen molar-refractivity contribution in [2.75, 3.05) is 0 Å². The predicted molar refractivity (Wildman–Crippen MR) is 86.5 cm³/mol. The summed E-state index contributed by atoms with van der Waals surface area (Å²) in [7, 11) is 0. The van der Waals surface area contributed by atoms with Crippen molar-refractivity contribution < 1.29 is 10.2 Å². The summed E-state index contributed by atoms with van der Waals surface area (Å²) in [6, 6.07) is 0. The predicted octanol–water partition coefficient (Wildman–Crippen LogP) is 4.32. The lowest BCUT2D eigenvalue weighted by Crippen LogP contribution is -2.38. The third-order valence-corrected chi connectivity index (χ3v) is 3.80. The quantitative estimate of drug-likeness (QED) is 0.310. The van der Waals surface area contributed by atoms with E-state index in [0.717, 1.165) is 25.7 Å². The van der Waals surface area contributed by atoms with Gasteiger partial charge in [-0.05, 0) is 25.7 Å². The van der Waals surface area contributed by atoms with E-state index in [-0.39, 0.29) is 0 Å². The number of hydrogen-bond acceptors (Lipinski definition) is 3. The minimum absolute atomic E-state index is 0.549. The van der Waals surface area contributed by atoms with Crippen molar-refractivity contribution in [3.8, 4) is 0 Å². The molecule has 3 N–H and O–H groups in total. The molecule has 122 valence electrons. The Bertz CT molecular complexity index is 188. The molecular formula is C17H37NO2. The van der Waals surface area contributed by atoms with Gasteiger partial charge in [0.25, 0.3) is 0 Å². The Morgan fingerprint density at radius 1 is 0.600 bits per heavy atom. The molecule has 0 heterocycles. The van der Waals surface area contributed by atoms with Gasteiger partial charge < -0.3 is 10.2 Å². The van der Waals surface area contributed by atoms with Crippen molar-refractivity contribution in [3.63, 3.8) is 0 Å². The Morgan fingerprint density at radius 2 is 0.950 bits per heavy atom. The van der Waals surface area contributed by atoms with Crippen LogP contribution >= 0.6 is 0 Å². The maximum Gasteiger partial charge on any atom is 0.106 e. The molecule has 0 fully saturated rings. The van der Waals surface area contributed by atoms with Crippen LogP contribution in [0.25, 0.3) is 0 Å². The Balaban J connectivity index is 3.33. The van der Waals surface area contributed by atoms with Crippen LogP contribution in [0, 0.1) is 0 Å². The van der Waals surface area contributed by atoms with Crippen molar-refractivity contribution in [2.24, 2.45) is 0 Å². The zero-order chi connectivity index (χ0) is 15.1. The molecule has 0 spiro atoms. The fourth-order valence-electron chi connectivity index (χ4n) is 2.45. The van der Waals surface area contributed by atoms with E-state index in [1.807, 2.05) is 0 Å². The number of aliphatic hydroxyl groups is 2. The van der Waals surface area contributed by atoms with Crippen molar-refractivity contribution in [1.29, 1.82) is 0 Å². The van der Waals surface area contributed by atoms with Gasteiger partial charge in [-0.25, -0.2) is 0 Å². The molecule has 0 bridgehead atoms. The molecule has 0 aromatic rings. The molecule has 0 radical (unpaired) electrons. The lowest BCUT2D eigenvalue weighted by Gasteiger charge is -2.18. The summed E-state index contributed by atoms with van der Waals surface area (Å²) >= 11 is 0. The topological polar surface area (TPSA) is 52.5 Å². The Hall–Kier alpha value is -0.120. The zero-order valence-corrected chi connectivity index (χ0v) is 13.7. The molecule has 2 unspecified atom stereocenters. The highest BCUT2D eigenvalue weighted by Crippen LogP contribution is 2.09. The first-order valence-electron chi connectivity index (χ1n) is 8.82. The average molecular weight is 287 g/mol. The number of nitrogens with one attached hydrogen (secondary N) is 1. The number of aliphatic hydroxyl groups excluding tert-OH is 2. The molecule has 0 amide bonds. The van der Waals surface area contributed by atoms with E-state index in [0.29, 0.717) is 0 Å². The summed E-state index contributed by atoms with van der Waals surface area (Å²) < 4.78 is 0. The summed E-state index contributed by atoms with van der Waals surface area (Å²) in [5.41, 5.74) is 0. The lowest BCUT2D eigenvalue weighted by molar-refractivity contribution is 0.0310. The van der Waals surface area contributed by atoms with Gasteiger partial charge in [-0.1, -0.05) is 71.6 Å². The SMILES string of the molecule is CCCCCCCCC(O)NC(O)CCCCCCC. The second-order valence-electron chi connectivity index (χ2n) is 5.96. The fourth-order valence-corrected chi connectivity index (χ4v) is 2.45. The van der Waals surface area contributed by atoms with Gasteiger partial charge >= 0.3 is 0 Å². The van der Waals surface area contributed by atoms with Gasteiger partial charge in [0.05, 0.1) is 0 Å². The first-order chi connectivity index (χ1) is 9.70. The molecule has 20 heavy (non-hydrogen) atoms. The van der Waals surface area contributed by atoms with Crippen LogP contribution in [0.2, 0.25) is 0 Å². The second kappa shape index (κ2) is 15.3. The average Bonchev–Trinajstić information content (AvgIpc) is 2.42. The summed E-state index contributed by atoms with van der Waals surface area (Å²) in [6.45, 7) is 4.42. The van der Waals surface area contributed by atoms with Crippen LogP contribution in [0.4, 0.5) is 0 Å². The molecule has 0 aliphatic heterocycles. The second-order valence-corrected chi connectivity index (χ2v) is 5.96. The van der Waals surface area contributed by atoms with Gasteiger partial charge in [0, 0.05) is 0 Å². The zero-order valence-electron chi connectivity index (χ0n) is 13.7. The Morgan fingerprint density at radius 3 is 1.35 bits per heavy atom. The van der Waals surface area contributed by atoms with E-state index < -0.39 is 12.5 Å². The molecule has 0 rings (SSSR count). The molecule has 0 saturated carbocycles. The summed E-state index contributed by atoms with van der Waals surface area (Å²) in [5, 5.41) is 22.5. The summed E-state index contributed by atoms with van der Waals surface area (Å²) in [6.07, 6.45) is 13.8. The van der Waals surface area contributed by atoms with Crippen LogP contribution in [0.1, 0.15) is 97.3 Å². The fraction of sp³-hybridized carbons (Fsp3) is 1.00. The highest BCUT2D eigenvalue weighted by atomic mass is 16.3. The third-order valence-electron chi connectivity index (χ3n) is 3.80. The summed E-state index contributed by atoms with van der Waals surface area (Å²) in [5.74, 6) is 0. The van der Waals surface area contributed by atoms with Gasteiger partial charge in [-0.2, -0.15) is 0 Å². The largest absolute Gasteiger partial charge is 0.379 e. The maximum atomic E-state index is 9.79. The monoisotopic (exact) mass is 287 g/mol.